The second-order valence-corrected chi connectivity index (χ2v) is 11.8. The van der Waals surface area contributed by atoms with Crippen LogP contribution in [0.25, 0.3) is 0 Å². The molecule has 1 spiro atoms. The number of amides is 2. The molecule has 3 atom stereocenters. The van der Waals surface area contributed by atoms with Gasteiger partial charge in [-0.15, -0.1) is 0 Å². The first-order chi connectivity index (χ1) is 19.5. The number of benzene rings is 2. The molecule has 1 saturated heterocycles. The topological polar surface area (TPSA) is 76.7 Å². The zero-order valence-electron chi connectivity index (χ0n) is 24.2. The maximum atomic E-state index is 13.5. The Morgan fingerprint density at radius 3 is 1.57 bits per heavy atom. The number of rotatable bonds is 6. The summed E-state index contributed by atoms with van der Waals surface area (Å²) in [5.41, 5.74) is 1.99. The van der Waals surface area contributed by atoms with E-state index in [0.717, 1.165) is 30.4 Å². The van der Waals surface area contributed by atoms with Gasteiger partial charge in [0.1, 0.15) is 0 Å². The van der Waals surface area contributed by atoms with Crippen LogP contribution in [0.2, 0.25) is 0 Å². The van der Waals surface area contributed by atoms with Crippen LogP contribution >= 0.6 is 0 Å². The predicted octanol–water partition coefficient (Wildman–Crippen LogP) is 6.82. The number of hydrogen-bond donors (Lipinski definition) is 2. The predicted molar refractivity (Wildman–Crippen MR) is 158 cm³/mol. The maximum absolute atomic E-state index is 13.5. The van der Waals surface area contributed by atoms with E-state index in [1.54, 1.807) is 0 Å². The lowest BCUT2D eigenvalue weighted by atomic mass is 9.92. The van der Waals surface area contributed by atoms with Gasteiger partial charge in [-0.2, -0.15) is 0 Å². The fraction of sp³-hybridized carbons (Fsp3) is 0.588. The Morgan fingerprint density at radius 1 is 0.675 bits per heavy atom. The van der Waals surface area contributed by atoms with Gasteiger partial charge in [0.05, 0.1) is 0 Å². The summed E-state index contributed by atoms with van der Waals surface area (Å²) < 4.78 is 13.2. The van der Waals surface area contributed by atoms with Crippen molar-refractivity contribution in [3.63, 3.8) is 0 Å². The first-order valence-electron chi connectivity index (χ1n) is 15.5. The monoisotopic (exact) mass is 548 g/mol. The summed E-state index contributed by atoms with van der Waals surface area (Å²) >= 11 is 0. The van der Waals surface area contributed by atoms with E-state index < -0.39 is 18.0 Å². The molecule has 1 saturated carbocycles. The van der Waals surface area contributed by atoms with Crippen LogP contribution < -0.4 is 10.6 Å². The van der Waals surface area contributed by atoms with Gasteiger partial charge in [0.25, 0.3) is 11.8 Å². The van der Waals surface area contributed by atoms with E-state index in [1.807, 2.05) is 60.7 Å². The van der Waals surface area contributed by atoms with Gasteiger partial charge in [-0.25, -0.2) is 0 Å². The van der Waals surface area contributed by atoms with Gasteiger partial charge in [0, 0.05) is 25.9 Å². The van der Waals surface area contributed by atoms with Gasteiger partial charge < -0.3 is 20.1 Å². The van der Waals surface area contributed by atoms with E-state index in [0.29, 0.717) is 31.8 Å². The van der Waals surface area contributed by atoms with Crippen molar-refractivity contribution >= 4 is 11.8 Å². The van der Waals surface area contributed by atoms with Crippen LogP contribution in [0.4, 0.5) is 0 Å². The molecule has 2 fully saturated rings. The molecule has 0 aromatic heterocycles. The summed E-state index contributed by atoms with van der Waals surface area (Å²) in [6.07, 6.45) is 12.8. The number of carbonyl (C=O) groups excluding carboxylic acids is 2. The summed E-state index contributed by atoms with van der Waals surface area (Å²) in [5, 5.41) is 6.00. The third kappa shape index (κ3) is 9.45. The Kier molecular flexibility index (Phi) is 12.0. The van der Waals surface area contributed by atoms with Crippen molar-refractivity contribution in [2.24, 2.45) is 5.92 Å². The number of nitrogens with one attached hydrogen (secondary N) is 2. The molecule has 2 aliphatic rings. The fourth-order valence-corrected chi connectivity index (χ4v) is 6.02. The number of ether oxygens (including phenoxy) is 2. The van der Waals surface area contributed by atoms with E-state index in [-0.39, 0.29) is 11.8 Å². The highest BCUT2D eigenvalue weighted by atomic mass is 16.8. The minimum absolute atomic E-state index is 0.302. The van der Waals surface area contributed by atoms with Crippen LogP contribution in [-0.2, 0) is 32.2 Å². The normalized spacial score (nSPS) is 24.5. The Hall–Kier alpha value is -2.70. The van der Waals surface area contributed by atoms with Crippen molar-refractivity contribution in [2.75, 3.05) is 0 Å². The highest BCUT2D eigenvalue weighted by molar-refractivity contribution is 5.91. The van der Waals surface area contributed by atoms with E-state index in [4.69, 9.17) is 9.47 Å². The van der Waals surface area contributed by atoms with Gasteiger partial charge in [0.2, 0.25) is 0 Å². The maximum Gasteiger partial charge on any atom is 0.252 e. The van der Waals surface area contributed by atoms with Gasteiger partial charge in [-0.05, 0) is 23.5 Å². The molecule has 0 bridgehead atoms. The molecule has 0 unspecified atom stereocenters. The molecule has 0 radical (unpaired) electrons. The molecule has 2 aromatic carbocycles. The van der Waals surface area contributed by atoms with Crippen LogP contribution in [0.5, 0.6) is 0 Å². The van der Waals surface area contributed by atoms with Crippen molar-refractivity contribution in [1.82, 2.24) is 10.6 Å². The van der Waals surface area contributed by atoms with Crippen molar-refractivity contribution in [3.05, 3.63) is 71.8 Å². The largest absolute Gasteiger partial charge is 0.350 e. The van der Waals surface area contributed by atoms with Crippen molar-refractivity contribution < 1.29 is 19.1 Å². The quantitative estimate of drug-likeness (QED) is 0.415. The third-order valence-electron chi connectivity index (χ3n) is 8.26. The molecule has 40 heavy (non-hydrogen) atoms. The Bertz CT molecular complexity index is 965. The molecular weight excluding hydrogens is 500 g/mol. The summed E-state index contributed by atoms with van der Waals surface area (Å²) in [6, 6.07) is 19.6. The molecule has 1 aliphatic carbocycles. The van der Waals surface area contributed by atoms with Crippen LogP contribution in [0, 0.1) is 5.92 Å². The van der Waals surface area contributed by atoms with E-state index in [1.165, 1.54) is 51.4 Å². The van der Waals surface area contributed by atoms with E-state index >= 15 is 0 Å². The average molecular weight is 549 g/mol. The second kappa shape index (κ2) is 15.9. The molecule has 2 amide bonds. The van der Waals surface area contributed by atoms with Crippen molar-refractivity contribution in [1.29, 1.82) is 0 Å². The molecule has 4 rings (SSSR count). The first kappa shape index (κ1) is 30.3. The lowest BCUT2D eigenvalue weighted by Gasteiger charge is -2.31. The zero-order valence-corrected chi connectivity index (χ0v) is 24.2. The van der Waals surface area contributed by atoms with Gasteiger partial charge in [-0.3, -0.25) is 9.59 Å². The van der Waals surface area contributed by atoms with E-state index in [9.17, 15) is 9.59 Å². The summed E-state index contributed by atoms with van der Waals surface area (Å²) in [5.74, 6) is -1.15. The van der Waals surface area contributed by atoms with Gasteiger partial charge >= 0.3 is 0 Å². The molecule has 6 nitrogen and oxygen atoms in total. The van der Waals surface area contributed by atoms with Crippen LogP contribution in [0.3, 0.4) is 0 Å². The Morgan fingerprint density at radius 2 is 1.10 bits per heavy atom. The van der Waals surface area contributed by atoms with Crippen molar-refractivity contribution in [3.8, 4) is 0 Å². The van der Waals surface area contributed by atoms with Gasteiger partial charge in [-0.1, -0.05) is 132 Å². The zero-order chi connectivity index (χ0) is 28.0. The smallest absolute Gasteiger partial charge is 0.252 e. The Labute approximate surface area is 240 Å². The standard InChI is InChI=1S/C34H48N2O4/c1-27-18-12-8-6-4-2-3-5-7-9-17-23-34(24-27)39-30(32(37)35-25-28-19-13-10-14-20-28)31(40-34)33(38)36-26-29-21-15-11-16-22-29/h10-11,13-16,19-22,27,30-31H,2-9,12,17-18,23-26H2,1H3,(H,35,37)(H,36,38)/t27-,30-,31-/m0/s1. The minimum Gasteiger partial charge on any atom is -0.350 e. The van der Waals surface area contributed by atoms with E-state index in [2.05, 4.69) is 17.6 Å². The molecule has 1 heterocycles. The number of carbonyl (C=O) groups is 2. The summed E-state index contributed by atoms with van der Waals surface area (Å²) in [4.78, 5) is 27.0. The lowest BCUT2D eigenvalue weighted by molar-refractivity contribution is -0.195. The summed E-state index contributed by atoms with van der Waals surface area (Å²) in [6.45, 7) is 3.00. The third-order valence-corrected chi connectivity index (χ3v) is 8.26. The average Bonchev–Trinajstić information content (AvgIpc) is 3.35. The van der Waals surface area contributed by atoms with Crippen molar-refractivity contribution in [2.45, 2.75) is 121 Å². The highest BCUT2D eigenvalue weighted by Crippen LogP contribution is 2.40. The SMILES string of the molecule is C[C@H]1CCCCCCCCCCCCC2(C1)O[C@H](C(=O)NCc1ccccc1)[C@@H](C(=O)NCc1ccccc1)O2. The summed E-state index contributed by atoms with van der Waals surface area (Å²) in [7, 11) is 0. The van der Waals surface area contributed by atoms with Crippen LogP contribution in [0.15, 0.2) is 60.7 Å². The number of hydrogen-bond acceptors (Lipinski definition) is 4. The molecule has 2 N–H and O–H groups in total. The van der Waals surface area contributed by atoms with Crippen LogP contribution in [-0.4, -0.2) is 29.8 Å². The van der Waals surface area contributed by atoms with Gasteiger partial charge in [0.15, 0.2) is 18.0 Å². The second-order valence-electron chi connectivity index (χ2n) is 11.8. The van der Waals surface area contributed by atoms with Crippen LogP contribution in [0.1, 0.15) is 102 Å². The lowest BCUT2D eigenvalue weighted by Crippen LogP contribution is -2.47. The molecule has 6 heteroatoms. The minimum atomic E-state index is -0.992. The molecular formula is C34H48N2O4. The molecule has 1 aliphatic heterocycles. The molecule has 2 aromatic rings. The first-order valence-corrected chi connectivity index (χ1v) is 15.5. The Balaban J connectivity index is 1.49. The fourth-order valence-electron chi connectivity index (χ4n) is 6.02. The highest BCUT2D eigenvalue weighted by Gasteiger charge is 2.53. The molecule has 218 valence electrons.